The third kappa shape index (κ3) is 3.24. The van der Waals surface area contributed by atoms with Crippen molar-refractivity contribution in [1.29, 1.82) is 0 Å². The van der Waals surface area contributed by atoms with Gasteiger partial charge in [-0.1, -0.05) is 17.7 Å². The fourth-order valence-corrected chi connectivity index (χ4v) is 4.17. The lowest BCUT2D eigenvalue weighted by Crippen LogP contribution is -2.47. The van der Waals surface area contributed by atoms with Crippen molar-refractivity contribution in [3.63, 3.8) is 0 Å². The Labute approximate surface area is 177 Å². The predicted octanol–water partition coefficient (Wildman–Crippen LogP) is 4.02. The first kappa shape index (κ1) is 20.4. The number of carboxylic acids is 1. The summed E-state index contributed by atoms with van der Waals surface area (Å²) in [6.45, 7) is 2.33. The van der Waals surface area contributed by atoms with E-state index in [1.54, 1.807) is 23.7 Å². The van der Waals surface area contributed by atoms with Gasteiger partial charge in [-0.2, -0.15) is 0 Å². The number of nitrogens with zero attached hydrogens (tertiary/aromatic N) is 1. The van der Waals surface area contributed by atoms with E-state index >= 15 is 0 Å². The molecule has 6 nitrogen and oxygen atoms in total. The molecule has 2 heterocycles. The van der Waals surface area contributed by atoms with E-state index in [-0.39, 0.29) is 23.6 Å². The molecule has 2 N–H and O–H groups in total. The molecule has 1 aliphatic heterocycles. The molecule has 1 aromatic heterocycles. The number of aromatic nitrogens is 1. The van der Waals surface area contributed by atoms with Crippen LogP contribution in [-0.4, -0.2) is 34.8 Å². The van der Waals surface area contributed by atoms with Crippen LogP contribution in [-0.2, 0) is 17.3 Å². The Kier molecular flexibility index (Phi) is 5.03. The summed E-state index contributed by atoms with van der Waals surface area (Å²) in [6.07, 6.45) is 0.372. The van der Waals surface area contributed by atoms with E-state index in [1.165, 1.54) is 12.1 Å². The van der Waals surface area contributed by atoms with Gasteiger partial charge < -0.3 is 19.7 Å². The summed E-state index contributed by atoms with van der Waals surface area (Å²) in [5.74, 6) is -2.29. The molecule has 30 heavy (non-hydrogen) atoms. The van der Waals surface area contributed by atoms with Crippen molar-refractivity contribution in [1.82, 2.24) is 9.88 Å². The van der Waals surface area contributed by atoms with Crippen molar-refractivity contribution in [3.05, 3.63) is 69.6 Å². The average Bonchev–Trinajstić information content (AvgIpc) is 3.30. The highest BCUT2D eigenvalue weighted by Gasteiger charge is 2.41. The van der Waals surface area contributed by atoms with Gasteiger partial charge in [0.25, 0.3) is 5.91 Å². The van der Waals surface area contributed by atoms with E-state index in [0.717, 1.165) is 22.5 Å². The normalized spacial score (nSPS) is 18.7. The quantitative estimate of drug-likeness (QED) is 0.655. The molecule has 0 aliphatic carbocycles. The number of carbonyl (C=O) groups excluding carboxylic acids is 1. The van der Waals surface area contributed by atoms with Crippen molar-refractivity contribution in [3.8, 4) is 0 Å². The summed E-state index contributed by atoms with van der Waals surface area (Å²) >= 11 is 6.21. The summed E-state index contributed by atoms with van der Waals surface area (Å²) in [7, 11) is 1.78. The van der Waals surface area contributed by atoms with Gasteiger partial charge in [-0.15, -0.1) is 0 Å². The molecule has 1 saturated heterocycles. The molecular weight excluding hydrogens is 411 g/mol. The van der Waals surface area contributed by atoms with Crippen molar-refractivity contribution in [2.75, 3.05) is 13.2 Å². The Balaban J connectivity index is 1.73. The molecule has 1 aliphatic rings. The smallest absolute Gasteiger partial charge is 0.335 e. The molecule has 3 aromatic rings. The van der Waals surface area contributed by atoms with E-state index in [0.29, 0.717) is 23.7 Å². The molecule has 156 valence electrons. The zero-order chi connectivity index (χ0) is 21.6. The predicted molar refractivity (Wildman–Crippen MR) is 111 cm³/mol. The number of ether oxygens (including phenoxy) is 1. The monoisotopic (exact) mass is 430 g/mol. The average molecular weight is 431 g/mol. The van der Waals surface area contributed by atoms with Crippen LogP contribution < -0.4 is 5.32 Å². The fourth-order valence-electron chi connectivity index (χ4n) is 4.00. The van der Waals surface area contributed by atoms with Crippen LogP contribution in [0.4, 0.5) is 4.39 Å². The summed E-state index contributed by atoms with van der Waals surface area (Å²) in [5, 5.41) is 13.5. The third-order valence-corrected chi connectivity index (χ3v) is 6.18. The number of halogens is 2. The molecule has 0 bridgehead atoms. The minimum atomic E-state index is -1.22. The third-order valence-electron chi connectivity index (χ3n) is 5.77. The molecule has 1 atom stereocenters. The first-order valence-corrected chi connectivity index (χ1v) is 9.79. The SMILES string of the molecule is Cc1c(Cl)ccc2c1cc(C(=O)NC1(c3ccc(C(=O)O)cc3F)CCOC1)n2C. The van der Waals surface area contributed by atoms with Crippen LogP contribution in [0, 0.1) is 12.7 Å². The van der Waals surface area contributed by atoms with E-state index in [4.69, 9.17) is 21.4 Å². The number of fused-ring (bicyclic) bond motifs is 1. The number of carbonyl (C=O) groups is 2. The minimum Gasteiger partial charge on any atom is -0.478 e. The maximum absolute atomic E-state index is 14.8. The van der Waals surface area contributed by atoms with E-state index in [1.807, 2.05) is 13.0 Å². The fraction of sp³-hybridized carbons (Fsp3) is 0.273. The molecule has 1 amide bonds. The second-order valence-electron chi connectivity index (χ2n) is 7.53. The van der Waals surface area contributed by atoms with Crippen molar-refractivity contribution in [2.45, 2.75) is 18.9 Å². The number of hydrogen-bond donors (Lipinski definition) is 2. The second kappa shape index (κ2) is 7.41. The maximum Gasteiger partial charge on any atom is 0.335 e. The number of amides is 1. The molecule has 0 spiro atoms. The van der Waals surface area contributed by atoms with Gasteiger partial charge >= 0.3 is 5.97 Å². The van der Waals surface area contributed by atoms with E-state index in [9.17, 15) is 14.0 Å². The molecule has 2 aromatic carbocycles. The molecule has 1 fully saturated rings. The van der Waals surface area contributed by atoms with Gasteiger partial charge in [-0.25, -0.2) is 9.18 Å². The van der Waals surface area contributed by atoms with Crippen LogP contribution in [0.15, 0.2) is 36.4 Å². The summed E-state index contributed by atoms with van der Waals surface area (Å²) in [6, 6.07) is 9.09. The van der Waals surface area contributed by atoms with Crippen LogP contribution >= 0.6 is 11.6 Å². The van der Waals surface area contributed by atoms with Crippen molar-refractivity contribution < 1.29 is 23.8 Å². The Morgan fingerprint density at radius 1 is 1.27 bits per heavy atom. The van der Waals surface area contributed by atoms with Gasteiger partial charge in [0.2, 0.25) is 0 Å². The zero-order valence-electron chi connectivity index (χ0n) is 16.5. The van der Waals surface area contributed by atoms with Gasteiger partial charge in [-0.05, 0) is 42.8 Å². The molecule has 0 radical (unpaired) electrons. The lowest BCUT2D eigenvalue weighted by Gasteiger charge is -2.30. The lowest BCUT2D eigenvalue weighted by molar-refractivity contribution is 0.0695. The number of benzene rings is 2. The highest BCUT2D eigenvalue weighted by molar-refractivity contribution is 6.32. The minimum absolute atomic E-state index is 0.0941. The van der Waals surface area contributed by atoms with Crippen LogP contribution in [0.5, 0.6) is 0 Å². The number of carboxylic acid groups (broad SMARTS) is 1. The number of aryl methyl sites for hydroxylation is 2. The van der Waals surface area contributed by atoms with E-state index < -0.39 is 17.3 Å². The lowest BCUT2D eigenvalue weighted by atomic mass is 9.87. The Hall–Kier alpha value is -2.90. The largest absolute Gasteiger partial charge is 0.478 e. The number of rotatable bonds is 4. The number of hydrogen-bond acceptors (Lipinski definition) is 3. The number of aromatic carboxylic acids is 1. The topological polar surface area (TPSA) is 80.6 Å². The van der Waals surface area contributed by atoms with Gasteiger partial charge in [0.15, 0.2) is 0 Å². The summed E-state index contributed by atoms with van der Waals surface area (Å²) in [5.41, 5.74) is 1.11. The first-order chi connectivity index (χ1) is 14.2. The number of nitrogens with one attached hydrogen (secondary N) is 1. The Bertz CT molecular complexity index is 1180. The van der Waals surface area contributed by atoms with E-state index in [2.05, 4.69) is 5.32 Å². The standard InChI is InChI=1S/C22H20ClFN2O4/c1-12-14-10-19(26(2)18(14)6-5-16(12)23)20(27)25-22(7-8-30-11-22)15-4-3-13(21(28)29)9-17(15)24/h3-6,9-10H,7-8,11H2,1-2H3,(H,25,27)(H,28,29). The molecule has 8 heteroatoms. The highest BCUT2D eigenvalue weighted by atomic mass is 35.5. The molecule has 0 saturated carbocycles. The zero-order valence-corrected chi connectivity index (χ0v) is 17.2. The highest BCUT2D eigenvalue weighted by Crippen LogP contribution is 2.34. The maximum atomic E-state index is 14.8. The molecule has 4 rings (SSSR count). The van der Waals surface area contributed by atoms with Crippen molar-refractivity contribution in [2.24, 2.45) is 7.05 Å². The van der Waals surface area contributed by atoms with Gasteiger partial charge in [0.05, 0.1) is 17.7 Å². The Morgan fingerprint density at radius 3 is 2.67 bits per heavy atom. The summed E-state index contributed by atoms with van der Waals surface area (Å²) < 4.78 is 22.1. The Morgan fingerprint density at radius 2 is 2.03 bits per heavy atom. The van der Waals surface area contributed by atoms with Gasteiger partial charge in [-0.3, -0.25) is 4.79 Å². The van der Waals surface area contributed by atoms with Gasteiger partial charge in [0, 0.05) is 41.6 Å². The molecular formula is C22H20ClFN2O4. The van der Waals surface area contributed by atoms with Gasteiger partial charge in [0.1, 0.15) is 11.5 Å². The van der Waals surface area contributed by atoms with Crippen molar-refractivity contribution >= 4 is 34.4 Å². The van der Waals surface area contributed by atoms with Crippen LogP contribution in [0.1, 0.15) is 38.4 Å². The summed E-state index contributed by atoms with van der Waals surface area (Å²) in [4.78, 5) is 24.3. The van der Waals surface area contributed by atoms with Crippen LogP contribution in [0.2, 0.25) is 5.02 Å². The van der Waals surface area contributed by atoms with Crippen LogP contribution in [0.3, 0.4) is 0 Å². The second-order valence-corrected chi connectivity index (χ2v) is 7.94. The first-order valence-electron chi connectivity index (χ1n) is 9.41. The van der Waals surface area contributed by atoms with Crippen LogP contribution in [0.25, 0.3) is 10.9 Å². The molecule has 1 unspecified atom stereocenters.